The smallest absolute Gasteiger partial charge is 0.192 e. The Hall–Kier alpha value is -1.88. The van der Waals surface area contributed by atoms with Gasteiger partial charge in [0.2, 0.25) is 0 Å². The zero-order valence-electron chi connectivity index (χ0n) is 8.29. The molecule has 1 N–H and O–H groups in total. The SMILES string of the molecule is c1cnc(Sc2c[nH]c3cccnc23)nc1. The molecule has 0 unspecified atom stereocenters. The van der Waals surface area contributed by atoms with E-state index >= 15 is 0 Å². The van der Waals surface area contributed by atoms with Crippen LogP contribution in [-0.2, 0) is 0 Å². The molecule has 0 atom stereocenters. The van der Waals surface area contributed by atoms with E-state index in [4.69, 9.17) is 0 Å². The van der Waals surface area contributed by atoms with Crippen molar-refractivity contribution in [1.29, 1.82) is 0 Å². The summed E-state index contributed by atoms with van der Waals surface area (Å²) in [6, 6.07) is 5.71. The summed E-state index contributed by atoms with van der Waals surface area (Å²) in [6.45, 7) is 0. The maximum absolute atomic E-state index is 4.33. The second kappa shape index (κ2) is 3.94. The number of pyridine rings is 1. The largest absolute Gasteiger partial charge is 0.359 e. The summed E-state index contributed by atoms with van der Waals surface area (Å²) in [5, 5.41) is 0.731. The molecular formula is C11H8N4S. The third-order valence-corrected chi connectivity index (χ3v) is 3.07. The molecular weight excluding hydrogens is 220 g/mol. The van der Waals surface area contributed by atoms with E-state index in [2.05, 4.69) is 19.9 Å². The second-order valence-electron chi connectivity index (χ2n) is 3.19. The predicted octanol–water partition coefficient (Wildman–Crippen LogP) is 2.50. The summed E-state index contributed by atoms with van der Waals surface area (Å²) in [4.78, 5) is 16.9. The van der Waals surface area contributed by atoms with Crippen LogP contribution in [0, 0.1) is 0 Å². The molecule has 78 valence electrons. The summed E-state index contributed by atoms with van der Waals surface area (Å²) in [5.74, 6) is 0. The fourth-order valence-electron chi connectivity index (χ4n) is 1.44. The van der Waals surface area contributed by atoms with E-state index in [-0.39, 0.29) is 0 Å². The highest BCUT2D eigenvalue weighted by Crippen LogP contribution is 2.29. The lowest BCUT2D eigenvalue weighted by atomic mass is 10.4. The number of hydrogen-bond acceptors (Lipinski definition) is 4. The van der Waals surface area contributed by atoms with E-state index < -0.39 is 0 Å². The van der Waals surface area contributed by atoms with E-state index in [0.29, 0.717) is 0 Å². The average Bonchev–Trinajstić information content (AvgIpc) is 2.74. The fraction of sp³-hybridized carbons (Fsp3) is 0. The highest BCUT2D eigenvalue weighted by atomic mass is 32.2. The lowest BCUT2D eigenvalue weighted by Gasteiger charge is -1.96. The zero-order valence-corrected chi connectivity index (χ0v) is 9.11. The normalized spacial score (nSPS) is 10.8. The molecule has 0 bridgehead atoms. The van der Waals surface area contributed by atoms with Gasteiger partial charge in [-0.05, 0) is 30.0 Å². The van der Waals surface area contributed by atoms with Gasteiger partial charge in [-0.25, -0.2) is 9.97 Å². The van der Waals surface area contributed by atoms with E-state index in [0.717, 1.165) is 21.1 Å². The Kier molecular flexibility index (Phi) is 2.30. The van der Waals surface area contributed by atoms with Crippen LogP contribution in [-0.4, -0.2) is 19.9 Å². The van der Waals surface area contributed by atoms with Gasteiger partial charge in [-0.3, -0.25) is 4.98 Å². The minimum Gasteiger partial charge on any atom is -0.359 e. The Morgan fingerprint density at radius 1 is 1.00 bits per heavy atom. The van der Waals surface area contributed by atoms with Crippen LogP contribution in [0.25, 0.3) is 11.0 Å². The molecule has 0 saturated carbocycles. The molecule has 16 heavy (non-hydrogen) atoms. The Labute approximate surface area is 96.2 Å². The second-order valence-corrected chi connectivity index (χ2v) is 4.20. The van der Waals surface area contributed by atoms with E-state index in [9.17, 15) is 0 Å². The molecule has 3 aromatic heterocycles. The number of aromatic amines is 1. The van der Waals surface area contributed by atoms with Crippen LogP contribution in [0.4, 0.5) is 0 Å². The Balaban J connectivity index is 2.01. The summed E-state index contributed by atoms with van der Waals surface area (Å²) in [6.07, 6.45) is 7.18. The molecule has 0 amide bonds. The Morgan fingerprint density at radius 2 is 1.81 bits per heavy atom. The third kappa shape index (κ3) is 1.65. The van der Waals surface area contributed by atoms with Crippen molar-refractivity contribution < 1.29 is 0 Å². The molecule has 0 aliphatic heterocycles. The fourth-order valence-corrected chi connectivity index (χ4v) is 2.25. The molecule has 3 heterocycles. The molecule has 0 aromatic carbocycles. The number of hydrogen-bond donors (Lipinski definition) is 1. The number of aromatic nitrogens is 4. The van der Waals surface area contributed by atoms with E-state index in [1.807, 2.05) is 18.3 Å². The first-order valence-corrected chi connectivity index (χ1v) is 5.62. The molecule has 0 aliphatic carbocycles. The number of nitrogens with one attached hydrogen (secondary N) is 1. The molecule has 0 aliphatic rings. The van der Waals surface area contributed by atoms with Crippen LogP contribution in [0.5, 0.6) is 0 Å². The van der Waals surface area contributed by atoms with Crippen LogP contribution in [0.2, 0.25) is 0 Å². The molecule has 0 spiro atoms. The first-order chi connectivity index (χ1) is 7.93. The van der Waals surface area contributed by atoms with Crippen LogP contribution in [0.15, 0.2) is 53.0 Å². The van der Waals surface area contributed by atoms with Gasteiger partial charge in [-0.2, -0.15) is 0 Å². The molecule has 3 aromatic rings. The van der Waals surface area contributed by atoms with Crippen molar-refractivity contribution in [3.05, 3.63) is 43.0 Å². The van der Waals surface area contributed by atoms with Crippen LogP contribution < -0.4 is 0 Å². The minimum absolute atomic E-state index is 0.731. The first-order valence-electron chi connectivity index (χ1n) is 4.80. The minimum atomic E-state index is 0.731. The maximum atomic E-state index is 4.33. The summed E-state index contributed by atoms with van der Waals surface area (Å²) >= 11 is 1.51. The maximum Gasteiger partial charge on any atom is 0.192 e. The van der Waals surface area contributed by atoms with Gasteiger partial charge >= 0.3 is 0 Å². The first kappa shape index (κ1) is 9.35. The van der Waals surface area contributed by atoms with Gasteiger partial charge in [0.05, 0.1) is 10.4 Å². The summed E-state index contributed by atoms with van der Waals surface area (Å²) in [5.41, 5.74) is 1.99. The van der Waals surface area contributed by atoms with Crippen LogP contribution in [0.3, 0.4) is 0 Å². The monoisotopic (exact) mass is 228 g/mol. The Bertz CT molecular complexity index is 605. The van der Waals surface area contributed by atoms with Crippen molar-refractivity contribution in [2.45, 2.75) is 10.1 Å². The van der Waals surface area contributed by atoms with Gasteiger partial charge in [0, 0.05) is 24.8 Å². The van der Waals surface area contributed by atoms with Gasteiger partial charge in [0.25, 0.3) is 0 Å². The van der Waals surface area contributed by atoms with Gasteiger partial charge in [-0.1, -0.05) is 0 Å². The van der Waals surface area contributed by atoms with Gasteiger partial charge in [-0.15, -0.1) is 0 Å². The van der Waals surface area contributed by atoms with Gasteiger partial charge in [0.15, 0.2) is 5.16 Å². The van der Waals surface area contributed by atoms with Crippen molar-refractivity contribution >= 4 is 22.8 Å². The van der Waals surface area contributed by atoms with Crippen molar-refractivity contribution in [3.8, 4) is 0 Å². The highest BCUT2D eigenvalue weighted by Gasteiger charge is 2.06. The van der Waals surface area contributed by atoms with Crippen LogP contribution in [0.1, 0.15) is 0 Å². The van der Waals surface area contributed by atoms with Gasteiger partial charge in [0.1, 0.15) is 5.52 Å². The highest BCUT2D eigenvalue weighted by molar-refractivity contribution is 7.99. The molecule has 5 heteroatoms. The topological polar surface area (TPSA) is 54.5 Å². The summed E-state index contributed by atoms with van der Waals surface area (Å²) < 4.78 is 0. The summed E-state index contributed by atoms with van der Waals surface area (Å²) in [7, 11) is 0. The number of fused-ring (bicyclic) bond motifs is 1. The standard InChI is InChI=1S/C11H8N4S/c1-3-8-10(12-4-1)9(7-15-8)16-11-13-5-2-6-14-11/h1-7,15H. The molecule has 0 fully saturated rings. The van der Waals surface area contributed by atoms with Crippen molar-refractivity contribution in [1.82, 2.24) is 19.9 Å². The van der Waals surface area contributed by atoms with E-state index in [1.165, 1.54) is 11.8 Å². The van der Waals surface area contributed by atoms with Crippen LogP contribution >= 0.6 is 11.8 Å². The Morgan fingerprint density at radius 3 is 2.69 bits per heavy atom. The number of H-pyrrole nitrogens is 1. The molecule has 0 radical (unpaired) electrons. The van der Waals surface area contributed by atoms with E-state index in [1.54, 1.807) is 24.7 Å². The quantitative estimate of drug-likeness (QED) is 0.685. The molecule has 4 nitrogen and oxygen atoms in total. The van der Waals surface area contributed by atoms with Crippen molar-refractivity contribution in [2.75, 3.05) is 0 Å². The van der Waals surface area contributed by atoms with Crippen molar-refractivity contribution in [3.63, 3.8) is 0 Å². The number of rotatable bonds is 2. The average molecular weight is 228 g/mol. The molecule has 3 rings (SSSR count). The van der Waals surface area contributed by atoms with Crippen molar-refractivity contribution in [2.24, 2.45) is 0 Å². The molecule has 0 saturated heterocycles. The third-order valence-electron chi connectivity index (χ3n) is 2.14. The predicted molar refractivity (Wildman–Crippen MR) is 62.2 cm³/mol. The zero-order chi connectivity index (χ0) is 10.8. The lowest BCUT2D eigenvalue weighted by Crippen LogP contribution is -1.82. The lowest BCUT2D eigenvalue weighted by molar-refractivity contribution is 0.967. The van der Waals surface area contributed by atoms with Gasteiger partial charge < -0.3 is 4.98 Å². The number of nitrogens with zero attached hydrogens (tertiary/aromatic N) is 3.